The molecule has 2 heterocycles. The van der Waals surface area contributed by atoms with E-state index in [4.69, 9.17) is 0 Å². The maximum Gasteiger partial charge on any atom is 0.329 e. The van der Waals surface area contributed by atoms with Gasteiger partial charge < -0.3 is 10.0 Å². The van der Waals surface area contributed by atoms with E-state index in [2.05, 4.69) is 9.59 Å². The van der Waals surface area contributed by atoms with Crippen LogP contribution in [0.4, 0.5) is 0 Å². The van der Waals surface area contributed by atoms with Gasteiger partial charge in [-0.1, -0.05) is 24.8 Å². The molecule has 6 nitrogen and oxygen atoms in total. The van der Waals surface area contributed by atoms with Crippen LogP contribution in [0.2, 0.25) is 0 Å². The van der Waals surface area contributed by atoms with Gasteiger partial charge in [0.05, 0.1) is 5.69 Å². The molecule has 20 heavy (non-hydrogen) atoms. The minimum atomic E-state index is -1.06. The van der Waals surface area contributed by atoms with E-state index in [1.165, 1.54) is 4.90 Å². The second kappa shape index (κ2) is 5.87. The number of carbonyl (C=O) groups excluding carboxylic acids is 1. The Labute approximate surface area is 122 Å². The SMILES string of the molecule is CCCc1nnsc1C(=O)N1CCCC1(CC)C(=O)O. The number of carbonyl (C=O) groups is 2. The smallest absolute Gasteiger partial charge is 0.329 e. The van der Waals surface area contributed by atoms with Gasteiger partial charge in [0.2, 0.25) is 0 Å². The first-order valence-electron chi connectivity index (χ1n) is 6.93. The molecular formula is C13H19N3O3S. The predicted molar refractivity (Wildman–Crippen MR) is 74.8 cm³/mol. The van der Waals surface area contributed by atoms with Gasteiger partial charge in [0.25, 0.3) is 5.91 Å². The molecular weight excluding hydrogens is 278 g/mol. The molecule has 1 atom stereocenters. The van der Waals surface area contributed by atoms with E-state index in [0.29, 0.717) is 36.4 Å². The van der Waals surface area contributed by atoms with E-state index in [1.54, 1.807) is 0 Å². The van der Waals surface area contributed by atoms with Crippen molar-refractivity contribution in [3.8, 4) is 0 Å². The van der Waals surface area contributed by atoms with Crippen LogP contribution in [0, 0.1) is 0 Å². The lowest BCUT2D eigenvalue weighted by atomic mass is 9.93. The third-order valence-electron chi connectivity index (χ3n) is 3.95. The highest BCUT2D eigenvalue weighted by Gasteiger charge is 2.49. The Balaban J connectivity index is 2.32. The molecule has 1 aliphatic heterocycles. The molecule has 1 aliphatic rings. The number of aryl methyl sites for hydroxylation is 1. The Kier molecular flexibility index (Phi) is 4.37. The van der Waals surface area contributed by atoms with Crippen molar-refractivity contribution in [2.75, 3.05) is 6.54 Å². The quantitative estimate of drug-likeness (QED) is 0.898. The molecule has 1 aromatic rings. The summed E-state index contributed by atoms with van der Waals surface area (Å²) in [6.07, 6.45) is 3.23. The molecule has 0 bridgehead atoms. The van der Waals surface area contributed by atoms with E-state index in [1.807, 2.05) is 13.8 Å². The largest absolute Gasteiger partial charge is 0.479 e. The lowest BCUT2D eigenvalue weighted by Gasteiger charge is -2.33. The van der Waals surface area contributed by atoms with E-state index in [0.717, 1.165) is 24.4 Å². The maximum atomic E-state index is 12.7. The van der Waals surface area contributed by atoms with E-state index >= 15 is 0 Å². The highest BCUT2D eigenvalue weighted by atomic mass is 32.1. The zero-order valence-electron chi connectivity index (χ0n) is 11.8. The summed E-state index contributed by atoms with van der Waals surface area (Å²) < 4.78 is 3.85. The van der Waals surface area contributed by atoms with Gasteiger partial charge in [-0.15, -0.1) is 5.10 Å². The van der Waals surface area contributed by atoms with Gasteiger partial charge in [-0.2, -0.15) is 0 Å². The standard InChI is InChI=1S/C13H19N3O3S/c1-3-6-9-10(20-15-14-9)11(17)16-8-5-7-13(16,4-2)12(18)19/h3-8H2,1-2H3,(H,18,19). The average molecular weight is 297 g/mol. The Morgan fingerprint density at radius 3 is 2.80 bits per heavy atom. The third kappa shape index (κ3) is 2.30. The topological polar surface area (TPSA) is 83.4 Å². The van der Waals surface area contributed by atoms with Crippen molar-refractivity contribution in [1.82, 2.24) is 14.5 Å². The molecule has 1 fully saturated rings. The van der Waals surface area contributed by atoms with Gasteiger partial charge in [-0.25, -0.2) is 4.79 Å². The molecule has 0 radical (unpaired) electrons. The summed E-state index contributed by atoms with van der Waals surface area (Å²) in [5, 5.41) is 13.5. The van der Waals surface area contributed by atoms with Crippen LogP contribution in [-0.2, 0) is 11.2 Å². The first-order valence-corrected chi connectivity index (χ1v) is 7.70. The average Bonchev–Trinajstić information content (AvgIpc) is 3.05. The monoisotopic (exact) mass is 297 g/mol. The zero-order chi connectivity index (χ0) is 14.8. The molecule has 110 valence electrons. The lowest BCUT2D eigenvalue weighted by molar-refractivity contribution is -0.148. The number of aromatic nitrogens is 2. The molecule has 7 heteroatoms. The summed E-state index contributed by atoms with van der Waals surface area (Å²) >= 11 is 1.06. The van der Waals surface area contributed by atoms with Gasteiger partial charge >= 0.3 is 5.97 Å². The number of rotatable bonds is 5. The number of likely N-dealkylation sites (tertiary alicyclic amines) is 1. The summed E-state index contributed by atoms with van der Waals surface area (Å²) in [7, 11) is 0. The number of hydrogen-bond acceptors (Lipinski definition) is 5. The molecule has 1 N–H and O–H groups in total. The normalized spacial score (nSPS) is 22.2. The fraction of sp³-hybridized carbons (Fsp3) is 0.692. The molecule has 1 unspecified atom stereocenters. The molecule has 0 aromatic carbocycles. The van der Waals surface area contributed by atoms with Crippen LogP contribution >= 0.6 is 11.5 Å². The van der Waals surface area contributed by atoms with Gasteiger partial charge in [0, 0.05) is 6.54 Å². The summed E-state index contributed by atoms with van der Waals surface area (Å²) in [5.74, 6) is -1.15. The Hall–Kier alpha value is -1.50. The second-order valence-corrected chi connectivity index (χ2v) is 5.80. The van der Waals surface area contributed by atoms with Crippen molar-refractivity contribution in [3.05, 3.63) is 10.6 Å². The lowest BCUT2D eigenvalue weighted by Crippen LogP contribution is -2.52. The Morgan fingerprint density at radius 1 is 1.45 bits per heavy atom. The van der Waals surface area contributed by atoms with Gasteiger partial charge in [-0.3, -0.25) is 4.79 Å². The fourth-order valence-electron chi connectivity index (χ4n) is 2.81. The second-order valence-electron chi connectivity index (χ2n) is 5.05. The molecule has 0 spiro atoms. The van der Waals surface area contributed by atoms with Crippen LogP contribution in [0.1, 0.15) is 54.9 Å². The number of hydrogen-bond donors (Lipinski definition) is 1. The summed E-state index contributed by atoms with van der Waals surface area (Å²) in [6.45, 7) is 4.32. The third-order valence-corrected chi connectivity index (χ3v) is 4.71. The van der Waals surface area contributed by atoms with Crippen LogP contribution in [0.25, 0.3) is 0 Å². The van der Waals surface area contributed by atoms with Crippen molar-refractivity contribution < 1.29 is 14.7 Å². The van der Waals surface area contributed by atoms with Crippen LogP contribution in [0.5, 0.6) is 0 Å². The van der Waals surface area contributed by atoms with Crippen molar-refractivity contribution in [2.45, 2.75) is 51.5 Å². The van der Waals surface area contributed by atoms with Crippen LogP contribution in [0.3, 0.4) is 0 Å². The Bertz CT molecular complexity index is 517. The Morgan fingerprint density at radius 2 is 2.20 bits per heavy atom. The van der Waals surface area contributed by atoms with Crippen molar-refractivity contribution in [3.63, 3.8) is 0 Å². The maximum absolute atomic E-state index is 12.7. The predicted octanol–water partition coefficient (Wildman–Crippen LogP) is 1.96. The molecule has 0 aliphatic carbocycles. The molecule has 0 saturated carbocycles. The molecule has 2 rings (SSSR count). The van der Waals surface area contributed by atoms with E-state index in [-0.39, 0.29) is 5.91 Å². The number of carboxylic acid groups (broad SMARTS) is 1. The van der Waals surface area contributed by atoms with E-state index in [9.17, 15) is 14.7 Å². The van der Waals surface area contributed by atoms with Crippen LogP contribution in [0.15, 0.2) is 0 Å². The van der Waals surface area contributed by atoms with Crippen molar-refractivity contribution in [2.24, 2.45) is 0 Å². The summed E-state index contributed by atoms with van der Waals surface area (Å²) in [6, 6.07) is 0. The first kappa shape index (κ1) is 14.9. The van der Waals surface area contributed by atoms with E-state index < -0.39 is 11.5 Å². The minimum absolute atomic E-state index is 0.231. The number of aliphatic carboxylic acids is 1. The fourth-order valence-corrected chi connectivity index (χ4v) is 3.47. The highest BCUT2D eigenvalue weighted by molar-refractivity contribution is 7.08. The van der Waals surface area contributed by atoms with Crippen LogP contribution < -0.4 is 0 Å². The number of amides is 1. The molecule has 1 aromatic heterocycles. The van der Waals surface area contributed by atoms with Gasteiger partial charge in [0.1, 0.15) is 10.4 Å². The number of carboxylic acids is 1. The molecule has 1 saturated heterocycles. The molecule has 1 amide bonds. The number of nitrogens with zero attached hydrogens (tertiary/aromatic N) is 3. The summed E-state index contributed by atoms with van der Waals surface area (Å²) in [4.78, 5) is 26.3. The van der Waals surface area contributed by atoms with Crippen molar-refractivity contribution in [1.29, 1.82) is 0 Å². The zero-order valence-corrected chi connectivity index (χ0v) is 12.6. The highest BCUT2D eigenvalue weighted by Crippen LogP contribution is 2.34. The summed E-state index contributed by atoms with van der Waals surface area (Å²) in [5.41, 5.74) is -0.380. The van der Waals surface area contributed by atoms with Crippen molar-refractivity contribution >= 4 is 23.4 Å². The minimum Gasteiger partial charge on any atom is -0.479 e. The first-order chi connectivity index (χ1) is 9.56. The van der Waals surface area contributed by atoms with Crippen LogP contribution in [-0.4, -0.2) is 43.6 Å². The van der Waals surface area contributed by atoms with Gasteiger partial charge in [-0.05, 0) is 37.2 Å². The van der Waals surface area contributed by atoms with Gasteiger partial charge in [0.15, 0.2) is 0 Å².